The first-order chi connectivity index (χ1) is 15.4. The Hall–Kier alpha value is -2.98. The predicted octanol–water partition coefficient (Wildman–Crippen LogP) is 2.72. The Balaban J connectivity index is 1.88. The van der Waals surface area contributed by atoms with Crippen LogP contribution in [0.4, 0.5) is 5.69 Å². The van der Waals surface area contributed by atoms with Crippen molar-refractivity contribution in [1.29, 1.82) is 0 Å². The molecule has 178 valence electrons. The first-order valence-corrected chi connectivity index (χ1v) is 12.1. The number of nitrogens with one attached hydrogen (secondary N) is 1. The molecule has 1 N–H and O–H groups in total. The third-order valence-corrected chi connectivity index (χ3v) is 7.63. The standard InChI is InChI=1S/C23H29N3O6S/c1-14-21(16(3)27)15(2)24-22(14)20(28)13-32-23(29)18-12-17(33(30,31)25(4)5)8-9-19(18)26-10-6-7-11-26/h8-9,12,24H,6-7,10-11,13H2,1-5H3. The molecule has 10 heteroatoms. The Morgan fingerprint density at radius 2 is 1.76 bits per heavy atom. The fourth-order valence-electron chi connectivity index (χ4n) is 4.12. The maximum absolute atomic E-state index is 13.0. The Morgan fingerprint density at radius 1 is 1.12 bits per heavy atom. The molecule has 0 aliphatic carbocycles. The van der Waals surface area contributed by atoms with Gasteiger partial charge in [-0.2, -0.15) is 0 Å². The van der Waals surface area contributed by atoms with Gasteiger partial charge in [-0.15, -0.1) is 0 Å². The number of rotatable bonds is 8. The number of aromatic nitrogens is 1. The number of H-pyrrole nitrogens is 1. The van der Waals surface area contributed by atoms with E-state index in [0.29, 0.717) is 22.5 Å². The van der Waals surface area contributed by atoms with Crippen molar-refractivity contribution in [3.05, 3.63) is 46.3 Å². The number of nitrogens with zero attached hydrogens (tertiary/aromatic N) is 2. The van der Waals surface area contributed by atoms with Gasteiger partial charge in [-0.3, -0.25) is 9.59 Å². The summed E-state index contributed by atoms with van der Waals surface area (Å²) in [5, 5.41) is 0. The van der Waals surface area contributed by atoms with Crippen molar-refractivity contribution < 1.29 is 27.5 Å². The fraction of sp³-hybridized carbons (Fsp3) is 0.435. The normalized spacial score (nSPS) is 14.1. The monoisotopic (exact) mass is 475 g/mol. The van der Waals surface area contributed by atoms with E-state index >= 15 is 0 Å². The van der Waals surface area contributed by atoms with E-state index in [9.17, 15) is 22.8 Å². The van der Waals surface area contributed by atoms with E-state index in [4.69, 9.17) is 4.74 Å². The quantitative estimate of drug-likeness (QED) is 0.461. The lowest BCUT2D eigenvalue weighted by Gasteiger charge is -2.22. The van der Waals surface area contributed by atoms with Gasteiger partial charge in [0.05, 0.1) is 21.8 Å². The second kappa shape index (κ2) is 9.48. The Labute approximate surface area is 193 Å². The molecule has 0 radical (unpaired) electrons. The highest BCUT2D eigenvalue weighted by Crippen LogP contribution is 2.29. The minimum Gasteiger partial charge on any atom is -0.454 e. The summed E-state index contributed by atoms with van der Waals surface area (Å²) in [5.74, 6) is -1.42. The number of esters is 1. The molecular weight excluding hydrogens is 446 g/mol. The van der Waals surface area contributed by atoms with Crippen LogP contribution >= 0.6 is 0 Å². The van der Waals surface area contributed by atoms with Crippen molar-refractivity contribution in [3.63, 3.8) is 0 Å². The molecule has 33 heavy (non-hydrogen) atoms. The maximum atomic E-state index is 13.0. The molecule has 2 heterocycles. The van der Waals surface area contributed by atoms with E-state index in [1.807, 2.05) is 4.90 Å². The van der Waals surface area contributed by atoms with E-state index in [2.05, 4.69) is 4.98 Å². The summed E-state index contributed by atoms with van der Waals surface area (Å²) in [4.78, 5) is 42.4. The third kappa shape index (κ3) is 4.86. The number of aryl methyl sites for hydroxylation is 1. The first-order valence-electron chi connectivity index (χ1n) is 10.7. The van der Waals surface area contributed by atoms with Crippen LogP contribution in [0.5, 0.6) is 0 Å². The van der Waals surface area contributed by atoms with E-state index < -0.39 is 28.4 Å². The summed E-state index contributed by atoms with van der Waals surface area (Å²) >= 11 is 0. The highest BCUT2D eigenvalue weighted by Gasteiger charge is 2.26. The molecule has 0 spiro atoms. The summed E-state index contributed by atoms with van der Waals surface area (Å²) < 4.78 is 31.6. The molecule has 1 aliphatic rings. The van der Waals surface area contributed by atoms with Crippen molar-refractivity contribution in [3.8, 4) is 0 Å². The first kappa shape index (κ1) is 24.7. The number of carbonyl (C=O) groups is 3. The van der Waals surface area contributed by atoms with Gasteiger partial charge in [-0.05, 0) is 57.4 Å². The molecule has 2 aromatic rings. The van der Waals surface area contributed by atoms with Crippen molar-refractivity contribution in [2.75, 3.05) is 38.7 Å². The summed E-state index contributed by atoms with van der Waals surface area (Å²) in [6, 6.07) is 4.38. The van der Waals surface area contributed by atoms with Crippen LogP contribution < -0.4 is 4.90 Å². The second-order valence-corrected chi connectivity index (χ2v) is 10.5. The minimum atomic E-state index is -3.76. The topological polar surface area (TPSA) is 117 Å². The van der Waals surface area contributed by atoms with Crippen molar-refractivity contribution in [2.24, 2.45) is 0 Å². The number of anilines is 1. The van der Waals surface area contributed by atoms with E-state index in [0.717, 1.165) is 30.2 Å². The van der Waals surface area contributed by atoms with Crippen LogP contribution in [0.25, 0.3) is 0 Å². The maximum Gasteiger partial charge on any atom is 0.340 e. The van der Waals surface area contributed by atoms with Crippen molar-refractivity contribution in [1.82, 2.24) is 9.29 Å². The number of sulfonamides is 1. The fourth-order valence-corrected chi connectivity index (χ4v) is 5.05. The molecule has 1 aliphatic heterocycles. The molecule has 3 rings (SSSR count). The summed E-state index contributed by atoms with van der Waals surface area (Å²) in [7, 11) is -0.934. The van der Waals surface area contributed by atoms with E-state index in [1.165, 1.54) is 33.2 Å². The number of Topliss-reactive ketones (excluding diaryl/α,β-unsaturated/α-hetero) is 2. The van der Waals surface area contributed by atoms with Gasteiger partial charge < -0.3 is 14.6 Å². The van der Waals surface area contributed by atoms with Crippen LogP contribution in [-0.4, -0.2) is 69.0 Å². The molecule has 0 saturated carbocycles. The number of aromatic amines is 1. The lowest BCUT2D eigenvalue weighted by molar-refractivity contribution is 0.0473. The summed E-state index contributed by atoms with van der Waals surface area (Å²) in [6.45, 7) is 5.73. The lowest BCUT2D eigenvalue weighted by Crippen LogP contribution is -2.25. The van der Waals surface area contributed by atoms with Gasteiger partial charge in [0.2, 0.25) is 15.8 Å². The number of hydrogen-bond acceptors (Lipinski definition) is 7. The average Bonchev–Trinajstić information content (AvgIpc) is 3.39. The van der Waals surface area contributed by atoms with Crippen molar-refractivity contribution >= 4 is 33.2 Å². The van der Waals surface area contributed by atoms with Crippen molar-refractivity contribution in [2.45, 2.75) is 38.5 Å². The molecule has 9 nitrogen and oxygen atoms in total. The van der Waals surface area contributed by atoms with Gasteiger partial charge >= 0.3 is 5.97 Å². The Bertz CT molecular complexity index is 1210. The van der Waals surface area contributed by atoms with Crippen LogP contribution in [0.2, 0.25) is 0 Å². The van der Waals surface area contributed by atoms with Gasteiger partial charge in [0.15, 0.2) is 12.4 Å². The summed E-state index contributed by atoms with van der Waals surface area (Å²) in [5.41, 5.74) is 2.42. The van der Waals surface area contributed by atoms with E-state index in [1.54, 1.807) is 19.9 Å². The molecule has 1 aromatic carbocycles. The van der Waals surface area contributed by atoms with Crippen LogP contribution in [0.3, 0.4) is 0 Å². The third-order valence-electron chi connectivity index (χ3n) is 5.82. The largest absolute Gasteiger partial charge is 0.454 e. The van der Waals surface area contributed by atoms with Crippen LogP contribution in [0.1, 0.15) is 62.2 Å². The van der Waals surface area contributed by atoms with E-state index in [-0.39, 0.29) is 21.9 Å². The molecular formula is C23H29N3O6S. The molecule has 0 unspecified atom stereocenters. The highest BCUT2D eigenvalue weighted by molar-refractivity contribution is 7.89. The second-order valence-electron chi connectivity index (χ2n) is 8.34. The van der Waals surface area contributed by atoms with Gasteiger partial charge in [0.25, 0.3) is 0 Å². The molecule has 0 amide bonds. The average molecular weight is 476 g/mol. The summed E-state index contributed by atoms with van der Waals surface area (Å²) in [6.07, 6.45) is 1.93. The molecule has 0 bridgehead atoms. The van der Waals surface area contributed by atoms with Crippen LogP contribution in [-0.2, 0) is 14.8 Å². The van der Waals surface area contributed by atoms with Gasteiger partial charge in [-0.1, -0.05) is 0 Å². The number of carbonyl (C=O) groups excluding carboxylic acids is 3. The molecule has 1 aromatic heterocycles. The molecule has 1 saturated heterocycles. The van der Waals surface area contributed by atoms with Gasteiger partial charge in [0.1, 0.15) is 0 Å². The number of hydrogen-bond donors (Lipinski definition) is 1. The van der Waals surface area contributed by atoms with Crippen LogP contribution in [0, 0.1) is 13.8 Å². The molecule has 1 fully saturated rings. The highest BCUT2D eigenvalue weighted by atomic mass is 32.2. The SMILES string of the molecule is CC(=O)c1c(C)[nH]c(C(=O)COC(=O)c2cc(S(=O)(=O)N(C)C)ccc2N2CCCC2)c1C. The zero-order valence-electron chi connectivity index (χ0n) is 19.5. The minimum absolute atomic E-state index is 0.0318. The zero-order valence-corrected chi connectivity index (χ0v) is 20.3. The van der Waals surface area contributed by atoms with Gasteiger partial charge in [-0.25, -0.2) is 17.5 Å². The van der Waals surface area contributed by atoms with Crippen LogP contribution in [0.15, 0.2) is 23.1 Å². The Morgan fingerprint density at radius 3 is 2.30 bits per heavy atom. The molecule has 0 atom stereocenters. The zero-order chi connectivity index (χ0) is 24.5. The van der Waals surface area contributed by atoms with Gasteiger partial charge in [0, 0.05) is 38.4 Å². The Kier molecular flexibility index (Phi) is 7.08. The predicted molar refractivity (Wildman–Crippen MR) is 124 cm³/mol. The smallest absolute Gasteiger partial charge is 0.340 e. The number of ketones is 2. The number of benzene rings is 1. The number of ether oxygens (including phenoxy) is 1. The lowest BCUT2D eigenvalue weighted by atomic mass is 10.1.